The second kappa shape index (κ2) is 7.04. The summed E-state index contributed by atoms with van der Waals surface area (Å²) in [5.74, 6) is 0.491. The van der Waals surface area contributed by atoms with E-state index >= 15 is 0 Å². The van der Waals surface area contributed by atoms with Crippen LogP contribution in [0, 0.1) is 13.8 Å². The van der Waals surface area contributed by atoms with Crippen molar-refractivity contribution in [1.29, 1.82) is 0 Å². The second-order valence-corrected chi connectivity index (χ2v) is 5.17. The van der Waals surface area contributed by atoms with Crippen LogP contribution in [0.3, 0.4) is 0 Å². The van der Waals surface area contributed by atoms with Gasteiger partial charge < -0.3 is 10.5 Å². The third-order valence-corrected chi connectivity index (χ3v) is 3.08. The molecule has 112 valence electrons. The molecular formula is C16H21N3O2. The van der Waals surface area contributed by atoms with E-state index in [9.17, 15) is 4.79 Å². The summed E-state index contributed by atoms with van der Waals surface area (Å²) in [6.07, 6.45) is 2.33. The highest BCUT2D eigenvalue weighted by Crippen LogP contribution is 2.10. The van der Waals surface area contributed by atoms with E-state index in [1.54, 1.807) is 6.20 Å². The molecule has 1 aromatic heterocycles. The molecule has 0 radical (unpaired) electrons. The Kier molecular flexibility index (Phi) is 5.11. The maximum atomic E-state index is 12.0. The number of aryl methyl sites for hydroxylation is 2. The average molecular weight is 287 g/mol. The molecule has 0 amide bonds. The van der Waals surface area contributed by atoms with Gasteiger partial charge in [0.1, 0.15) is 5.75 Å². The van der Waals surface area contributed by atoms with E-state index in [0.29, 0.717) is 25.4 Å². The normalized spacial score (nSPS) is 10.6. The van der Waals surface area contributed by atoms with Crippen LogP contribution >= 0.6 is 0 Å². The predicted molar refractivity (Wildman–Crippen MR) is 82.7 cm³/mol. The molecule has 0 bridgehead atoms. The van der Waals surface area contributed by atoms with E-state index in [2.05, 4.69) is 23.3 Å². The Morgan fingerprint density at radius 2 is 1.90 bits per heavy atom. The van der Waals surface area contributed by atoms with Crippen molar-refractivity contribution in [3.8, 4) is 5.75 Å². The van der Waals surface area contributed by atoms with Crippen LogP contribution in [-0.2, 0) is 6.54 Å². The van der Waals surface area contributed by atoms with Gasteiger partial charge in [0, 0.05) is 6.07 Å². The molecule has 5 nitrogen and oxygen atoms in total. The molecule has 2 aromatic rings. The molecule has 0 spiro atoms. The Balaban J connectivity index is 2.12. The number of benzene rings is 1. The minimum atomic E-state index is -0.167. The fourth-order valence-electron chi connectivity index (χ4n) is 2.22. The minimum Gasteiger partial charge on any atom is -0.492 e. The number of nitrogens with two attached hydrogens (primary N) is 1. The fraction of sp³-hybridized carbons (Fsp3) is 0.375. The molecule has 2 rings (SSSR count). The quantitative estimate of drug-likeness (QED) is 0.820. The summed E-state index contributed by atoms with van der Waals surface area (Å²) in [5.41, 5.74) is 8.66. The van der Waals surface area contributed by atoms with Crippen LogP contribution in [0.2, 0.25) is 0 Å². The van der Waals surface area contributed by atoms with E-state index in [1.165, 1.54) is 21.9 Å². The van der Waals surface area contributed by atoms with Crippen molar-refractivity contribution in [2.75, 3.05) is 13.2 Å². The molecule has 0 unspecified atom stereocenters. The highest BCUT2D eigenvalue weighted by atomic mass is 16.5. The van der Waals surface area contributed by atoms with E-state index in [1.807, 2.05) is 13.8 Å². The van der Waals surface area contributed by atoms with E-state index in [-0.39, 0.29) is 5.56 Å². The van der Waals surface area contributed by atoms with Gasteiger partial charge in [-0.3, -0.25) is 4.79 Å². The maximum Gasteiger partial charge on any atom is 0.270 e. The molecule has 2 N–H and O–H groups in total. The first kappa shape index (κ1) is 15.3. The van der Waals surface area contributed by atoms with E-state index in [0.717, 1.165) is 12.0 Å². The molecule has 21 heavy (non-hydrogen) atoms. The smallest absolute Gasteiger partial charge is 0.270 e. The Labute approximate surface area is 124 Å². The third-order valence-electron chi connectivity index (χ3n) is 3.08. The fourth-order valence-corrected chi connectivity index (χ4v) is 2.22. The van der Waals surface area contributed by atoms with Gasteiger partial charge in [-0.2, -0.15) is 5.10 Å². The highest BCUT2D eigenvalue weighted by Gasteiger charge is 2.03. The van der Waals surface area contributed by atoms with Crippen LogP contribution in [0.15, 0.2) is 35.3 Å². The number of hydrogen-bond donors (Lipinski definition) is 1. The summed E-state index contributed by atoms with van der Waals surface area (Å²) in [5, 5.41) is 4.16. The topological polar surface area (TPSA) is 70.1 Å². The van der Waals surface area contributed by atoms with Crippen molar-refractivity contribution in [3.05, 3.63) is 57.5 Å². The van der Waals surface area contributed by atoms with Gasteiger partial charge >= 0.3 is 0 Å². The first-order valence-corrected chi connectivity index (χ1v) is 7.05. The lowest BCUT2D eigenvalue weighted by molar-refractivity contribution is 0.309. The largest absolute Gasteiger partial charge is 0.492 e. The van der Waals surface area contributed by atoms with Gasteiger partial charge in [0.2, 0.25) is 0 Å². The van der Waals surface area contributed by atoms with E-state index in [4.69, 9.17) is 10.5 Å². The Hall–Kier alpha value is -2.14. The summed E-state index contributed by atoms with van der Waals surface area (Å²) in [6.45, 7) is 5.61. The summed E-state index contributed by atoms with van der Waals surface area (Å²) in [4.78, 5) is 12.0. The van der Waals surface area contributed by atoms with Gasteiger partial charge in [-0.1, -0.05) is 29.3 Å². The lowest BCUT2D eigenvalue weighted by Crippen LogP contribution is -2.23. The van der Waals surface area contributed by atoms with Crippen molar-refractivity contribution in [1.82, 2.24) is 9.78 Å². The highest BCUT2D eigenvalue weighted by molar-refractivity contribution is 5.28. The number of hydrogen-bond acceptors (Lipinski definition) is 4. The van der Waals surface area contributed by atoms with Gasteiger partial charge in [0.05, 0.1) is 19.3 Å². The third kappa shape index (κ3) is 4.43. The molecule has 0 aliphatic carbocycles. The Morgan fingerprint density at radius 3 is 2.52 bits per heavy atom. The van der Waals surface area contributed by atoms with Crippen LogP contribution in [0.5, 0.6) is 5.75 Å². The Bertz CT molecular complexity index is 645. The number of aromatic nitrogens is 2. The van der Waals surface area contributed by atoms with Gasteiger partial charge in [0.15, 0.2) is 0 Å². The number of rotatable bonds is 6. The zero-order valence-electron chi connectivity index (χ0n) is 12.5. The van der Waals surface area contributed by atoms with Gasteiger partial charge in [-0.25, -0.2) is 4.68 Å². The summed E-state index contributed by atoms with van der Waals surface area (Å²) in [7, 11) is 0. The molecule has 0 saturated heterocycles. The van der Waals surface area contributed by atoms with Crippen LogP contribution in [0.4, 0.5) is 0 Å². The maximum absolute atomic E-state index is 12.0. The van der Waals surface area contributed by atoms with Crippen LogP contribution < -0.4 is 16.0 Å². The zero-order chi connectivity index (χ0) is 15.2. The number of ether oxygens (including phenoxy) is 1. The monoisotopic (exact) mass is 287 g/mol. The molecule has 0 aliphatic rings. The molecule has 1 aromatic carbocycles. The first-order chi connectivity index (χ1) is 10.1. The standard InChI is InChI=1S/C16H21N3O2/c1-12-6-13(2)8-14(7-12)11-19-16(20)9-15(10-18-19)21-5-3-4-17/h6-10H,3-5,11,17H2,1-2H3. The Morgan fingerprint density at radius 1 is 1.19 bits per heavy atom. The molecule has 0 saturated carbocycles. The molecule has 0 fully saturated rings. The van der Waals surface area contributed by atoms with Crippen LogP contribution in [0.1, 0.15) is 23.1 Å². The summed E-state index contributed by atoms with van der Waals surface area (Å²) < 4.78 is 6.85. The molecule has 0 aliphatic heterocycles. The second-order valence-electron chi connectivity index (χ2n) is 5.17. The zero-order valence-corrected chi connectivity index (χ0v) is 12.5. The molecular weight excluding hydrogens is 266 g/mol. The summed E-state index contributed by atoms with van der Waals surface area (Å²) >= 11 is 0. The molecule has 0 atom stereocenters. The van der Waals surface area contributed by atoms with Gasteiger partial charge in [0.25, 0.3) is 5.56 Å². The molecule has 1 heterocycles. The lowest BCUT2D eigenvalue weighted by Gasteiger charge is -2.09. The van der Waals surface area contributed by atoms with Crippen molar-refractivity contribution in [3.63, 3.8) is 0 Å². The minimum absolute atomic E-state index is 0.167. The summed E-state index contributed by atoms with van der Waals surface area (Å²) in [6, 6.07) is 7.69. The number of nitrogens with zero attached hydrogens (tertiary/aromatic N) is 2. The van der Waals surface area contributed by atoms with Crippen molar-refractivity contribution in [2.24, 2.45) is 5.73 Å². The van der Waals surface area contributed by atoms with Crippen LogP contribution in [-0.4, -0.2) is 22.9 Å². The van der Waals surface area contributed by atoms with Gasteiger partial charge in [-0.05, 0) is 32.4 Å². The SMILES string of the molecule is Cc1cc(C)cc(Cn2ncc(OCCCN)cc2=O)c1. The van der Waals surface area contributed by atoms with Crippen LogP contribution in [0.25, 0.3) is 0 Å². The van der Waals surface area contributed by atoms with E-state index < -0.39 is 0 Å². The van der Waals surface area contributed by atoms with Crippen molar-refractivity contribution < 1.29 is 4.74 Å². The lowest BCUT2D eigenvalue weighted by atomic mass is 10.1. The first-order valence-electron chi connectivity index (χ1n) is 7.05. The molecule has 5 heteroatoms. The predicted octanol–water partition coefficient (Wildman–Crippen LogP) is 1.64. The van der Waals surface area contributed by atoms with Gasteiger partial charge in [-0.15, -0.1) is 0 Å². The average Bonchev–Trinajstić information content (AvgIpc) is 2.41. The van der Waals surface area contributed by atoms with Crippen molar-refractivity contribution >= 4 is 0 Å². The van der Waals surface area contributed by atoms with Crippen molar-refractivity contribution in [2.45, 2.75) is 26.8 Å².